The Bertz CT molecular complexity index is 1210. The number of nitrogens with two attached hydrogens (primary N) is 2. The van der Waals surface area contributed by atoms with E-state index in [0.29, 0.717) is 16.9 Å². The molecule has 0 saturated heterocycles. The largest absolute Gasteiger partial charge is 0.508 e. The van der Waals surface area contributed by atoms with Gasteiger partial charge in [0.15, 0.2) is 0 Å². The molecule has 0 aliphatic heterocycles. The van der Waals surface area contributed by atoms with Crippen molar-refractivity contribution >= 4 is 41.4 Å². The topological polar surface area (TPSA) is 234 Å². The van der Waals surface area contributed by atoms with Crippen molar-refractivity contribution < 1.29 is 39.3 Å². The zero-order chi connectivity index (χ0) is 30.5. The zero-order valence-electron chi connectivity index (χ0n) is 22.4. The lowest BCUT2D eigenvalue weighted by Crippen LogP contribution is -2.58. The van der Waals surface area contributed by atoms with Crippen LogP contribution < -0.4 is 27.4 Å². The predicted molar refractivity (Wildman–Crippen MR) is 152 cm³/mol. The van der Waals surface area contributed by atoms with Gasteiger partial charge in [0.2, 0.25) is 23.6 Å². The van der Waals surface area contributed by atoms with Gasteiger partial charge in [-0.3, -0.25) is 19.2 Å². The maximum atomic E-state index is 13.4. The highest BCUT2D eigenvalue weighted by Crippen LogP contribution is 2.14. The second kappa shape index (κ2) is 16.1. The number of thioether (sulfide) groups is 1. The third kappa shape index (κ3) is 11.4. The lowest BCUT2D eigenvalue weighted by molar-refractivity contribution is -0.142. The number of rotatable bonds is 16. The molecule has 4 unspecified atom stereocenters. The van der Waals surface area contributed by atoms with Crippen molar-refractivity contribution in [3.8, 4) is 11.5 Å². The van der Waals surface area contributed by atoms with Crippen molar-refractivity contribution in [2.75, 3.05) is 12.0 Å². The van der Waals surface area contributed by atoms with Crippen LogP contribution in [0.5, 0.6) is 11.5 Å². The van der Waals surface area contributed by atoms with E-state index in [-0.39, 0.29) is 30.8 Å². The van der Waals surface area contributed by atoms with Gasteiger partial charge in [-0.05, 0) is 53.8 Å². The summed E-state index contributed by atoms with van der Waals surface area (Å²) in [7, 11) is 0. The Morgan fingerprint density at radius 2 is 1.20 bits per heavy atom. The fourth-order valence-corrected chi connectivity index (χ4v) is 4.25. The fraction of sp³-hybridized carbons (Fsp3) is 0.370. The summed E-state index contributed by atoms with van der Waals surface area (Å²) in [6.07, 6.45) is 1.40. The summed E-state index contributed by atoms with van der Waals surface area (Å²) in [6, 6.07) is 6.75. The highest BCUT2D eigenvalue weighted by atomic mass is 32.2. The maximum absolute atomic E-state index is 13.4. The number of carbonyl (C=O) groups is 5. The molecule has 0 aliphatic rings. The van der Waals surface area contributed by atoms with E-state index in [1.165, 1.54) is 48.2 Å². The van der Waals surface area contributed by atoms with Gasteiger partial charge < -0.3 is 42.7 Å². The van der Waals surface area contributed by atoms with Crippen LogP contribution in [0.25, 0.3) is 0 Å². The van der Waals surface area contributed by atoms with Crippen molar-refractivity contribution in [3.63, 3.8) is 0 Å². The van der Waals surface area contributed by atoms with Gasteiger partial charge in [0, 0.05) is 12.8 Å². The first-order valence-corrected chi connectivity index (χ1v) is 14.0. The summed E-state index contributed by atoms with van der Waals surface area (Å²) in [5.74, 6) is -3.93. The molecule has 2 aromatic rings. The Hall–Kier alpha value is -4.30. The molecule has 222 valence electrons. The average Bonchev–Trinajstić information content (AvgIpc) is 2.91. The first-order valence-electron chi connectivity index (χ1n) is 12.6. The Morgan fingerprint density at radius 3 is 1.66 bits per heavy atom. The van der Waals surface area contributed by atoms with E-state index >= 15 is 0 Å². The van der Waals surface area contributed by atoms with Gasteiger partial charge in [0.05, 0.1) is 12.5 Å². The van der Waals surface area contributed by atoms with Crippen LogP contribution in [0.4, 0.5) is 0 Å². The van der Waals surface area contributed by atoms with Gasteiger partial charge >= 0.3 is 5.97 Å². The molecule has 41 heavy (non-hydrogen) atoms. The Balaban J connectivity index is 2.23. The maximum Gasteiger partial charge on any atom is 0.326 e. The summed E-state index contributed by atoms with van der Waals surface area (Å²) in [5.41, 5.74) is 12.0. The molecule has 0 aliphatic carbocycles. The molecular weight excluding hydrogens is 554 g/mol. The average molecular weight is 590 g/mol. The van der Waals surface area contributed by atoms with Gasteiger partial charge in [-0.1, -0.05) is 24.3 Å². The second-order valence-corrected chi connectivity index (χ2v) is 10.3. The van der Waals surface area contributed by atoms with Crippen LogP contribution in [0.2, 0.25) is 0 Å². The summed E-state index contributed by atoms with van der Waals surface area (Å²) < 4.78 is 0. The Kier molecular flexibility index (Phi) is 12.9. The van der Waals surface area contributed by atoms with E-state index in [1.807, 2.05) is 0 Å². The number of amides is 4. The minimum atomic E-state index is -1.32. The normalized spacial score (nSPS) is 13.7. The van der Waals surface area contributed by atoms with Crippen molar-refractivity contribution in [3.05, 3.63) is 59.7 Å². The number of hydrogen-bond donors (Lipinski definition) is 8. The molecule has 0 heterocycles. The third-order valence-electron chi connectivity index (χ3n) is 6.00. The van der Waals surface area contributed by atoms with Crippen LogP contribution in [-0.4, -0.2) is 81.1 Å². The number of carbonyl (C=O) groups excluding carboxylic acids is 4. The molecule has 0 saturated carbocycles. The molecule has 2 aromatic carbocycles. The molecule has 0 radical (unpaired) electrons. The fourth-order valence-electron chi connectivity index (χ4n) is 3.78. The standard InChI is InChI=1S/C27H35N5O8S/c1-41-11-10-20(25(37)32-22(27(39)40)13-16-4-8-18(34)9-5-16)30-26(38)21(12-15-2-6-17(33)7-3-15)31-24(36)19(28)14-23(29)35/h2-9,19-22,33-34H,10-14,28H2,1H3,(H2,29,35)(H,30,38)(H,31,36)(H,32,37)(H,39,40). The lowest BCUT2D eigenvalue weighted by Gasteiger charge is -2.25. The number of carboxylic acids is 1. The van der Waals surface area contributed by atoms with Crippen LogP contribution >= 0.6 is 11.8 Å². The van der Waals surface area contributed by atoms with Crippen molar-refractivity contribution in [2.45, 2.75) is 49.9 Å². The van der Waals surface area contributed by atoms with E-state index in [9.17, 15) is 39.3 Å². The highest BCUT2D eigenvalue weighted by molar-refractivity contribution is 7.98. The number of phenolic OH excluding ortho intramolecular Hbond substituents is 2. The number of aromatic hydroxyl groups is 2. The highest BCUT2D eigenvalue weighted by Gasteiger charge is 2.30. The van der Waals surface area contributed by atoms with Gasteiger partial charge in [-0.25, -0.2) is 4.79 Å². The third-order valence-corrected chi connectivity index (χ3v) is 6.65. The summed E-state index contributed by atoms with van der Waals surface area (Å²) in [4.78, 5) is 62.3. The van der Waals surface area contributed by atoms with Crippen LogP contribution in [0.3, 0.4) is 0 Å². The van der Waals surface area contributed by atoms with Gasteiger partial charge in [0.25, 0.3) is 0 Å². The minimum absolute atomic E-state index is 0.00337. The lowest BCUT2D eigenvalue weighted by atomic mass is 10.0. The van der Waals surface area contributed by atoms with Crippen LogP contribution in [-0.2, 0) is 36.8 Å². The molecule has 0 bridgehead atoms. The molecule has 14 heteroatoms. The molecular formula is C27H35N5O8S. The smallest absolute Gasteiger partial charge is 0.326 e. The molecule has 0 fully saturated rings. The SMILES string of the molecule is CSCCC(NC(=O)C(Cc1ccc(O)cc1)NC(=O)C(N)CC(N)=O)C(=O)NC(Cc1ccc(O)cc1)C(=O)O. The van der Waals surface area contributed by atoms with Gasteiger partial charge in [0.1, 0.15) is 29.6 Å². The number of carboxylic acid groups (broad SMARTS) is 1. The summed E-state index contributed by atoms with van der Waals surface area (Å²) in [5, 5.41) is 36.3. The van der Waals surface area contributed by atoms with E-state index in [2.05, 4.69) is 16.0 Å². The predicted octanol–water partition coefficient (Wildman–Crippen LogP) is -0.622. The second-order valence-electron chi connectivity index (χ2n) is 9.32. The summed E-state index contributed by atoms with van der Waals surface area (Å²) in [6.45, 7) is 0. The molecule has 4 amide bonds. The van der Waals surface area contributed by atoms with E-state index in [0.717, 1.165) is 0 Å². The quantitative estimate of drug-likeness (QED) is 0.123. The molecule has 0 spiro atoms. The molecule has 10 N–H and O–H groups in total. The number of nitrogens with one attached hydrogen (secondary N) is 3. The van der Waals surface area contributed by atoms with Crippen LogP contribution in [0.15, 0.2) is 48.5 Å². The Morgan fingerprint density at radius 1 is 0.756 bits per heavy atom. The van der Waals surface area contributed by atoms with Crippen molar-refractivity contribution in [1.29, 1.82) is 0 Å². The van der Waals surface area contributed by atoms with Gasteiger partial charge in [-0.2, -0.15) is 11.8 Å². The van der Waals surface area contributed by atoms with E-state index in [1.54, 1.807) is 18.4 Å². The number of benzene rings is 2. The van der Waals surface area contributed by atoms with Crippen LogP contribution in [0.1, 0.15) is 24.0 Å². The first kappa shape index (κ1) is 32.9. The van der Waals surface area contributed by atoms with Crippen LogP contribution in [0, 0.1) is 0 Å². The number of hydrogen-bond acceptors (Lipinski definition) is 9. The van der Waals surface area contributed by atoms with E-state index < -0.39 is 60.2 Å². The Labute approximate surface area is 241 Å². The molecule has 0 aromatic heterocycles. The summed E-state index contributed by atoms with van der Waals surface area (Å²) >= 11 is 1.41. The molecule has 2 rings (SSSR count). The number of aliphatic carboxylic acids is 1. The zero-order valence-corrected chi connectivity index (χ0v) is 23.2. The number of primary amides is 1. The number of phenols is 2. The molecule has 13 nitrogen and oxygen atoms in total. The van der Waals surface area contributed by atoms with Crippen molar-refractivity contribution in [1.82, 2.24) is 16.0 Å². The van der Waals surface area contributed by atoms with E-state index in [4.69, 9.17) is 11.5 Å². The molecule has 4 atom stereocenters. The van der Waals surface area contributed by atoms with Gasteiger partial charge in [-0.15, -0.1) is 0 Å². The first-order chi connectivity index (χ1) is 19.4. The monoisotopic (exact) mass is 589 g/mol. The van der Waals surface area contributed by atoms with Crippen molar-refractivity contribution in [2.24, 2.45) is 11.5 Å². The minimum Gasteiger partial charge on any atom is -0.508 e.